The molecular weight excluding hydrogens is 226 g/mol. The summed E-state index contributed by atoms with van der Waals surface area (Å²) in [5.41, 5.74) is 3.01. The van der Waals surface area contributed by atoms with Crippen LogP contribution in [-0.2, 0) is 6.42 Å². The average Bonchev–Trinajstić information content (AvgIpc) is 2.25. The number of para-hydroxylation sites is 1. The lowest BCUT2D eigenvalue weighted by Gasteiger charge is -2.29. The molecule has 1 unspecified atom stereocenters. The fraction of sp³-hybridized carbons (Fsp3) is 0.455. The van der Waals surface area contributed by atoms with Gasteiger partial charge < -0.3 is 17.0 Å². The van der Waals surface area contributed by atoms with Crippen LogP contribution in [0.2, 0.25) is 0 Å². The van der Waals surface area contributed by atoms with E-state index in [9.17, 15) is 0 Å². The second-order valence-electron chi connectivity index (χ2n) is 4.22. The lowest BCUT2D eigenvalue weighted by Crippen LogP contribution is -3.00. The predicted octanol–water partition coefficient (Wildman–Crippen LogP) is -0.798. The normalized spacial score (nSPS) is 23.5. The van der Waals surface area contributed by atoms with Crippen molar-refractivity contribution in [2.24, 2.45) is 0 Å². The maximum Gasteiger partial charge on any atom is 0.136 e. The van der Waals surface area contributed by atoms with E-state index in [-0.39, 0.29) is 17.0 Å². The Morgan fingerprint density at radius 1 is 1.23 bits per heavy atom. The molecule has 0 N–H and O–H groups in total. The molecule has 1 aliphatic rings. The van der Waals surface area contributed by atoms with Crippen LogP contribution in [0, 0.1) is 0 Å². The van der Waals surface area contributed by atoms with E-state index in [1.165, 1.54) is 17.7 Å². The summed E-state index contributed by atoms with van der Waals surface area (Å²) in [6, 6.07) is 9.49. The number of likely N-dealkylation sites (N-methyl/N-ethyl adjacent to an activating group) is 1. The summed E-state index contributed by atoms with van der Waals surface area (Å²) in [5, 5.41) is 0. The van der Waals surface area contributed by atoms with E-state index < -0.39 is 0 Å². The zero-order valence-electron chi connectivity index (χ0n) is 8.42. The first kappa shape index (κ1) is 10.7. The third kappa shape index (κ3) is 1.53. The maximum atomic E-state index is 2.32. The van der Waals surface area contributed by atoms with Crippen LogP contribution in [-0.4, -0.2) is 20.1 Å². The van der Waals surface area contributed by atoms with Crippen molar-refractivity contribution in [2.75, 3.05) is 14.1 Å². The lowest BCUT2D eigenvalue weighted by molar-refractivity contribution is -0.00000262. The Morgan fingerprint density at radius 3 is 2.46 bits per heavy atom. The monoisotopic (exact) mass is 241 g/mol. The van der Waals surface area contributed by atoms with Gasteiger partial charge in [0.1, 0.15) is 5.69 Å². The number of benzene rings is 1. The number of hydrogen-bond donors (Lipinski definition) is 0. The Labute approximate surface area is 90.7 Å². The van der Waals surface area contributed by atoms with Crippen LogP contribution in [0.15, 0.2) is 24.3 Å². The molecule has 0 saturated carbocycles. The Balaban J connectivity index is 0.000000845. The fourth-order valence-electron chi connectivity index (χ4n) is 2.03. The molecule has 1 heterocycles. The first-order valence-corrected chi connectivity index (χ1v) is 4.54. The molecular formula is C11H16BrN. The van der Waals surface area contributed by atoms with E-state index in [1.807, 2.05) is 0 Å². The van der Waals surface area contributed by atoms with E-state index >= 15 is 0 Å². The zero-order chi connectivity index (χ0) is 8.77. The van der Waals surface area contributed by atoms with Crippen molar-refractivity contribution >= 4 is 5.69 Å². The minimum absolute atomic E-state index is 0. The van der Waals surface area contributed by atoms with Crippen LogP contribution in [0.25, 0.3) is 0 Å². The van der Waals surface area contributed by atoms with E-state index in [4.69, 9.17) is 0 Å². The molecule has 1 aromatic carbocycles. The van der Waals surface area contributed by atoms with Crippen LogP contribution in [0.3, 0.4) is 0 Å². The molecule has 1 aromatic rings. The van der Waals surface area contributed by atoms with Crippen molar-refractivity contribution in [1.29, 1.82) is 0 Å². The van der Waals surface area contributed by atoms with E-state index in [0.717, 1.165) is 10.5 Å². The molecule has 1 nitrogen and oxygen atoms in total. The highest BCUT2D eigenvalue weighted by Crippen LogP contribution is 2.35. The van der Waals surface area contributed by atoms with Gasteiger partial charge in [-0.15, -0.1) is 0 Å². The number of rotatable bonds is 0. The van der Waals surface area contributed by atoms with E-state index in [2.05, 4.69) is 45.3 Å². The maximum absolute atomic E-state index is 2.32. The van der Waals surface area contributed by atoms with Crippen LogP contribution < -0.4 is 21.5 Å². The van der Waals surface area contributed by atoms with Gasteiger partial charge in [-0.2, -0.15) is 0 Å². The molecule has 0 aromatic heterocycles. The summed E-state index contributed by atoms with van der Waals surface area (Å²) >= 11 is 0. The molecule has 1 atom stereocenters. The standard InChI is InChI=1S/C11H16N.BrH/c1-9-8-10-6-4-5-7-11(10)12(9,2)3;/h4-7,9H,8H2,1-3H3;1H/q+1;/p-1. The van der Waals surface area contributed by atoms with Gasteiger partial charge in [0.15, 0.2) is 0 Å². The summed E-state index contributed by atoms with van der Waals surface area (Å²) < 4.78 is 1.04. The molecule has 0 spiro atoms. The zero-order valence-corrected chi connectivity index (χ0v) is 10.0. The van der Waals surface area contributed by atoms with Gasteiger partial charge in [-0.25, -0.2) is 0 Å². The number of nitrogens with zero attached hydrogens (tertiary/aromatic N) is 1. The molecule has 2 rings (SSSR count). The molecule has 2 heteroatoms. The summed E-state index contributed by atoms with van der Waals surface area (Å²) in [6.45, 7) is 2.32. The Kier molecular flexibility index (Phi) is 2.83. The Morgan fingerprint density at radius 2 is 1.85 bits per heavy atom. The molecule has 0 aliphatic carbocycles. The minimum atomic E-state index is 0. The van der Waals surface area contributed by atoms with Gasteiger partial charge in [-0.1, -0.05) is 18.2 Å². The molecule has 0 saturated heterocycles. The van der Waals surface area contributed by atoms with Crippen molar-refractivity contribution in [3.8, 4) is 0 Å². The SMILES string of the molecule is CC1Cc2ccccc2[N+]1(C)C.[Br-]. The third-order valence-corrected chi connectivity index (χ3v) is 3.23. The smallest absolute Gasteiger partial charge is 0.136 e. The van der Waals surface area contributed by atoms with Crippen LogP contribution in [0.4, 0.5) is 5.69 Å². The van der Waals surface area contributed by atoms with Crippen LogP contribution in [0.1, 0.15) is 12.5 Å². The van der Waals surface area contributed by atoms with E-state index in [1.54, 1.807) is 0 Å². The van der Waals surface area contributed by atoms with Gasteiger partial charge in [0, 0.05) is 12.0 Å². The largest absolute Gasteiger partial charge is 1.00 e. The number of fused-ring (bicyclic) bond motifs is 1. The van der Waals surface area contributed by atoms with Crippen molar-refractivity contribution in [3.05, 3.63) is 29.8 Å². The van der Waals surface area contributed by atoms with Crippen molar-refractivity contribution in [3.63, 3.8) is 0 Å². The second kappa shape index (κ2) is 3.43. The first-order valence-electron chi connectivity index (χ1n) is 4.54. The van der Waals surface area contributed by atoms with Crippen molar-refractivity contribution < 1.29 is 17.0 Å². The van der Waals surface area contributed by atoms with Gasteiger partial charge in [0.05, 0.1) is 20.1 Å². The molecule has 0 amide bonds. The van der Waals surface area contributed by atoms with Gasteiger partial charge in [0.25, 0.3) is 0 Å². The first-order chi connectivity index (χ1) is 5.62. The number of hydrogen-bond acceptors (Lipinski definition) is 0. The van der Waals surface area contributed by atoms with Gasteiger partial charge in [0.2, 0.25) is 0 Å². The minimum Gasteiger partial charge on any atom is -1.00 e. The summed E-state index contributed by atoms with van der Waals surface area (Å²) in [6.07, 6.45) is 1.23. The topological polar surface area (TPSA) is 0 Å². The fourth-order valence-corrected chi connectivity index (χ4v) is 2.03. The molecule has 72 valence electrons. The highest BCUT2D eigenvalue weighted by molar-refractivity contribution is 5.54. The molecule has 1 aliphatic heterocycles. The number of quaternary nitrogens is 1. The van der Waals surface area contributed by atoms with Crippen molar-refractivity contribution in [1.82, 2.24) is 4.48 Å². The Hall–Kier alpha value is -0.340. The summed E-state index contributed by atoms with van der Waals surface area (Å²) in [4.78, 5) is 0. The number of halogens is 1. The Bertz CT molecular complexity index is 307. The summed E-state index contributed by atoms with van der Waals surface area (Å²) in [7, 11) is 4.58. The van der Waals surface area contributed by atoms with Crippen LogP contribution in [0.5, 0.6) is 0 Å². The van der Waals surface area contributed by atoms with E-state index in [0.29, 0.717) is 0 Å². The summed E-state index contributed by atoms with van der Waals surface area (Å²) in [5.74, 6) is 0. The highest BCUT2D eigenvalue weighted by Gasteiger charge is 2.36. The molecule has 13 heavy (non-hydrogen) atoms. The third-order valence-electron chi connectivity index (χ3n) is 3.23. The van der Waals surface area contributed by atoms with Gasteiger partial charge >= 0.3 is 0 Å². The van der Waals surface area contributed by atoms with Gasteiger partial charge in [-0.3, -0.25) is 4.48 Å². The molecule has 0 bridgehead atoms. The second-order valence-corrected chi connectivity index (χ2v) is 4.22. The highest BCUT2D eigenvalue weighted by atomic mass is 79.9. The lowest BCUT2D eigenvalue weighted by atomic mass is 10.1. The van der Waals surface area contributed by atoms with Gasteiger partial charge in [-0.05, 0) is 13.0 Å². The average molecular weight is 242 g/mol. The van der Waals surface area contributed by atoms with Crippen LogP contribution >= 0.6 is 0 Å². The molecule has 0 fully saturated rings. The quantitative estimate of drug-likeness (QED) is 0.523. The predicted molar refractivity (Wildman–Crippen MR) is 53.3 cm³/mol. The van der Waals surface area contributed by atoms with Crippen molar-refractivity contribution in [2.45, 2.75) is 19.4 Å². The molecule has 0 radical (unpaired) electrons.